The molecule has 3 amide bonds. The Bertz CT molecular complexity index is 1420. The van der Waals surface area contributed by atoms with Crippen LogP contribution in [-0.4, -0.2) is 62.0 Å². The van der Waals surface area contributed by atoms with Crippen LogP contribution in [0.5, 0.6) is 17.2 Å². The normalized spacial score (nSPS) is 15.0. The number of ether oxygens (including phenoxy) is 3. The predicted molar refractivity (Wildman–Crippen MR) is 182 cm³/mol. The maximum absolute atomic E-state index is 13.4. The van der Waals surface area contributed by atoms with Crippen LogP contribution < -0.4 is 29.7 Å². The molecule has 5 rings (SSSR count). The zero-order valence-corrected chi connectivity index (χ0v) is 27.4. The lowest BCUT2D eigenvalue weighted by molar-refractivity contribution is 0.0985. The van der Waals surface area contributed by atoms with Gasteiger partial charge in [-0.1, -0.05) is 27.2 Å². The van der Waals surface area contributed by atoms with Crippen molar-refractivity contribution in [3.05, 3.63) is 77.9 Å². The number of nitrogens with one attached hydrogen (secondary N) is 2. The van der Waals surface area contributed by atoms with Crippen LogP contribution in [-0.2, 0) is 6.42 Å². The summed E-state index contributed by atoms with van der Waals surface area (Å²) < 4.78 is 17.9. The molecule has 3 aromatic rings. The largest absolute Gasteiger partial charge is 0.490 e. The predicted octanol–water partition coefficient (Wildman–Crippen LogP) is 7.26. The number of benzene rings is 3. The van der Waals surface area contributed by atoms with E-state index in [4.69, 9.17) is 14.2 Å². The number of amides is 3. The molecule has 0 atom stereocenters. The Morgan fingerprint density at radius 3 is 2.22 bits per heavy atom. The lowest BCUT2D eigenvalue weighted by atomic mass is 10.1. The van der Waals surface area contributed by atoms with Crippen LogP contribution in [0.2, 0.25) is 0 Å². The summed E-state index contributed by atoms with van der Waals surface area (Å²) in [5.74, 6) is 2.12. The molecule has 2 aliphatic rings. The van der Waals surface area contributed by atoms with Gasteiger partial charge >= 0.3 is 6.03 Å². The number of unbranched alkanes of at least 4 members (excludes halogenated alkanes) is 1. The van der Waals surface area contributed by atoms with Crippen LogP contribution in [0.1, 0.15) is 75.2 Å². The van der Waals surface area contributed by atoms with Crippen molar-refractivity contribution < 1.29 is 23.8 Å². The van der Waals surface area contributed by atoms with Crippen LogP contribution in [0.25, 0.3) is 0 Å². The van der Waals surface area contributed by atoms with Crippen molar-refractivity contribution in [2.45, 2.75) is 77.9 Å². The molecule has 0 unspecified atom stereocenters. The van der Waals surface area contributed by atoms with Crippen LogP contribution >= 0.6 is 0 Å². The van der Waals surface area contributed by atoms with E-state index in [9.17, 15) is 9.59 Å². The molecule has 0 spiro atoms. The third-order valence-electron chi connectivity index (χ3n) is 8.84. The second-order valence-corrected chi connectivity index (χ2v) is 12.1. The van der Waals surface area contributed by atoms with Crippen molar-refractivity contribution >= 4 is 23.3 Å². The van der Waals surface area contributed by atoms with E-state index in [2.05, 4.69) is 36.3 Å². The minimum atomic E-state index is -0.214. The van der Waals surface area contributed by atoms with E-state index in [1.54, 1.807) is 24.3 Å². The van der Waals surface area contributed by atoms with E-state index in [1.807, 2.05) is 47.4 Å². The molecule has 0 aliphatic carbocycles. The van der Waals surface area contributed by atoms with Gasteiger partial charge in [0.2, 0.25) is 6.79 Å². The van der Waals surface area contributed by atoms with Crippen LogP contribution in [0.15, 0.2) is 66.7 Å². The zero-order valence-electron chi connectivity index (χ0n) is 27.4. The monoisotopic (exact) mass is 628 g/mol. The summed E-state index contributed by atoms with van der Waals surface area (Å²) in [7, 11) is 0. The number of anilines is 2. The van der Waals surface area contributed by atoms with E-state index in [0.717, 1.165) is 62.2 Å². The minimum Gasteiger partial charge on any atom is -0.490 e. The minimum absolute atomic E-state index is 0.0162. The van der Waals surface area contributed by atoms with Gasteiger partial charge in [-0.15, -0.1) is 0 Å². The molecule has 0 saturated carbocycles. The summed E-state index contributed by atoms with van der Waals surface area (Å²) in [6.07, 6.45) is 7.33. The fourth-order valence-electron chi connectivity index (χ4n) is 5.98. The lowest BCUT2D eigenvalue weighted by Crippen LogP contribution is -2.38. The summed E-state index contributed by atoms with van der Waals surface area (Å²) in [4.78, 5) is 29.9. The number of piperidine rings is 1. The van der Waals surface area contributed by atoms with E-state index >= 15 is 0 Å². The number of hydrogen-bond donors (Lipinski definition) is 2. The molecule has 9 nitrogen and oxygen atoms in total. The van der Waals surface area contributed by atoms with Crippen molar-refractivity contribution in [2.24, 2.45) is 0 Å². The number of urea groups is 1. The molecule has 246 valence electrons. The van der Waals surface area contributed by atoms with Crippen LogP contribution in [0, 0.1) is 0 Å². The fourth-order valence-corrected chi connectivity index (χ4v) is 5.98. The highest BCUT2D eigenvalue weighted by molar-refractivity contribution is 6.07. The molecule has 1 fully saturated rings. The van der Waals surface area contributed by atoms with E-state index in [1.165, 1.54) is 19.4 Å². The maximum Gasteiger partial charge on any atom is 0.319 e. The summed E-state index contributed by atoms with van der Waals surface area (Å²) in [5.41, 5.74) is 3.31. The topological polar surface area (TPSA) is 92.4 Å². The number of carbonyl (C=O) groups excluding carboxylic acids is 2. The Morgan fingerprint density at radius 1 is 0.848 bits per heavy atom. The number of likely N-dealkylation sites (tertiary alicyclic amines) is 1. The van der Waals surface area contributed by atoms with E-state index in [0.29, 0.717) is 29.3 Å². The standard InChI is InChI=1S/C37H48N4O5/c1-4-7-21-40-22-19-33(20-23-40)46-32-12-8-27(9-13-32)36(42)41-24-18-28-25-34(16-17-35(28)41)45-26-44-31-14-10-30(11-15-31)39-37(43)38-29(5-2)6-3/h8-17,25,29,33H,4-7,18-24,26H2,1-3H3,(H2,38,39,43). The second-order valence-electron chi connectivity index (χ2n) is 12.1. The molecule has 2 heterocycles. The average Bonchev–Trinajstić information content (AvgIpc) is 3.51. The van der Waals surface area contributed by atoms with Gasteiger partial charge in [-0.3, -0.25) is 4.79 Å². The Kier molecular flexibility index (Phi) is 11.8. The van der Waals surface area contributed by atoms with Crippen LogP contribution in [0.4, 0.5) is 16.2 Å². The molecule has 2 N–H and O–H groups in total. The van der Waals surface area contributed by atoms with Gasteiger partial charge in [0.05, 0.1) is 0 Å². The van der Waals surface area contributed by atoms with Crippen molar-refractivity contribution in [1.29, 1.82) is 0 Å². The highest BCUT2D eigenvalue weighted by Gasteiger charge is 2.26. The molecule has 1 saturated heterocycles. The molecule has 2 aliphatic heterocycles. The first kappa shape index (κ1) is 33.1. The highest BCUT2D eigenvalue weighted by Crippen LogP contribution is 2.33. The van der Waals surface area contributed by atoms with Gasteiger partial charge in [-0.05, 0) is 117 Å². The SMILES string of the molecule is CCCCN1CCC(Oc2ccc(C(=O)N3CCc4cc(OCOc5ccc(NC(=O)NC(CC)CC)cc5)ccc43)cc2)CC1. The Hall–Kier alpha value is -4.24. The molecule has 46 heavy (non-hydrogen) atoms. The van der Waals surface area contributed by atoms with Crippen molar-refractivity contribution in [1.82, 2.24) is 10.2 Å². The van der Waals surface area contributed by atoms with Crippen molar-refractivity contribution in [2.75, 3.05) is 43.2 Å². The number of fused-ring (bicyclic) bond motifs is 1. The molecular weight excluding hydrogens is 580 g/mol. The number of rotatable bonds is 14. The smallest absolute Gasteiger partial charge is 0.319 e. The first-order valence-electron chi connectivity index (χ1n) is 16.8. The van der Waals surface area contributed by atoms with Crippen LogP contribution in [0.3, 0.4) is 0 Å². The van der Waals surface area contributed by atoms with Gasteiger partial charge in [-0.2, -0.15) is 0 Å². The molecule has 0 radical (unpaired) electrons. The summed E-state index contributed by atoms with van der Waals surface area (Å²) in [6.45, 7) is 10.4. The number of carbonyl (C=O) groups is 2. The second kappa shape index (κ2) is 16.4. The lowest BCUT2D eigenvalue weighted by Gasteiger charge is -2.32. The Balaban J connectivity index is 1.07. The van der Waals surface area contributed by atoms with Crippen molar-refractivity contribution in [3.63, 3.8) is 0 Å². The van der Waals surface area contributed by atoms with E-state index < -0.39 is 0 Å². The van der Waals surface area contributed by atoms with Gasteiger partial charge in [0.1, 0.15) is 23.4 Å². The van der Waals surface area contributed by atoms with Gasteiger partial charge in [0.25, 0.3) is 5.91 Å². The summed E-state index contributed by atoms with van der Waals surface area (Å²) in [6, 6.07) is 20.5. The zero-order chi connectivity index (χ0) is 32.3. The molecule has 0 aromatic heterocycles. The Labute approximate surface area is 273 Å². The van der Waals surface area contributed by atoms with Gasteiger partial charge < -0.3 is 34.6 Å². The molecular formula is C37H48N4O5. The van der Waals surface area contributed by atoms with Gasteiger partial charge in [0.15, 0.2) is 0 Å². The first-order valence-corrected chi connectivity index (χ1v) is 16.8. The first-order chi connectivity index (χ1) is 22.4. The maximum atomic E-state index is 13.4. The third-order valence-corrected chi connectivity index (χ3v) is 8.84. The highest BCUT2D eigenvalue weighted by atomic mass is 16.7. The van der Waals surface area contributed by atoms with Gasteiger partial charge in [0, 0.05) is 42.6 Å². The summed E-state index contributed by atoms with van der Waals surface area (Å²) >= 11 is 0. The summed E-state index contributed by atoms with van der Waals surface area (Å²) in [5, 5.41) is 5.80. The number of hydrogen-bond acceptors (Lipinski definition) is 6. The molecule has 3 aromatic carbocycles. The molecule has 0 bridgehead atoms. The third kappa shape index (κ3) is 8.94. The molecule has 9 heteroatoms. The number of nitrogens with zero attached hydrogens (tertiary/aromatic N) is 2. The quantitative estimate of drug-likeness (QED) is 0.183. The fraction of sp³-hybridized carbons (Fsp3) is 0.459. The van der Waals surface area contributed by atoms with Crippen molar-refractivity contribution in [3.8, 4) is 17.2 Å². The average molecular weight is 629 g/mol. The van der Waals surface area contributed by atoms with E-state index in [-0.39, 0.29) is 30.9 Å². The Morgan fingerprint density at radius 2 is 1.52 bits per heavy atom. The van der Waals surface area contributed by atoms with Gasteiger partial charge in [-0.25, -0.2) is 4.79 Å².